The molecule has 1 heterocycles. The number of guanidine groups is 1. The maximum absolute atomic E-state index is 13.8. The number of hydrogen-bond acceptors (Lipinski definition) is 9. The fourth-order valence-corrected chi connectivity index (χ4v) is 3.87. The largest absolute Gasteiger partial charge is 0.493 e. The summed E-state index contributed by atoms with van der Waals surface area (Å²) in [6.07, 6.45) is 0.479. The molecule has 0 aliphatic heterocycles. The van der Waals surface area contributed by atoms with Crippen molar-refractivity contribution in [1.82, 2.24) is 20.8 Å². The first-order chi connectivity index (χ1) is 18.7. The molecule has 0 fully saturated rings. The fraction of sp³-hybridized carbons (Fsp3) is 0.370. The van der Waals surface area contributed by atoms with E-state index in [9.17, 15) is 14.7 Å². The van der Waals surface area contributed by atoms with E-state index in [-0.39, 0.29) is 30.9 Å². The number of benzene rings is 2. The number of aromatic nitrogens is 2. The molecule has 0 bridgehead atoms. The topological polar surface area (TPSA) is 163 Å². The SMILES string of the molecule is CCC(C)CC(NC(=N)NC(=O)Cc1ccc(OC)c(OC)c1)C(=O)N(Cc1ccccc1)c1nnc(O)o1. The summed E-state index contributed by atoms with van der Waals surface area (Å²) in [5.74, 6) is -0.0801. The minimum atomic E-state index is -0.897. The summed E-state index contributed by atoms with van der Waals surface area (Å²) in [4.78, 5) is 27.7. The van der Waals surface area contributed by atoms with Crippen LogP contribution in [0.25, 0.3) is 0 Å². The van der Waals surface area contributed by atoms with Gasteiger partial charge in [0.1, 0.15) is 6.04 Å². The van der Waals surface area contributed by atoms with Gasteiger partial charge >= 0.3 is 12.1 Å². The van der Waals surface area contributed by atoms with Crippen molar-refractivity contribution in [3.63, 3.8) is 0 Å². The summed E-state index contributed by atoms with van der Waals surface area (Å²) in [5, 5.41) is 30.6. The van der Waals surface area contributed by atoms with Crippen LogP contribution < -0.4 is 25.0 Å². The Morgan fingerprint density at radius 1 is 1.08 bits per heavy atom. The van der Waals surface area contributed by atoms with Crippen LogP contribution in [0.3, 0.4) is 0 Å². The highest BCUT2D eigenvalue weighted by Gasteiger charge is 2.31. The molecule has 0 radical (unpaired) electrons. The normalized spacial score (nSPS) is 12.2. The zero-order valence-corrected chi connectivity index (χ0v) is 22.4. The van der Waals surface area contributed by atoms with Crippen molar-refractivity contribution >= 4 is 23.8 Å². The highest BCUT2D eigenvalue weighted by Crippen LogP contribution is 2.27. The lowest BCUT2D eigenvalue weighted by molar-refractivity contribution is -0.121. The number of rotatable bonds is 12. The number of carbonyl (C=O) groups excluding carboxylic acids is 2. The standard InChI is InChI=1S/C27H34N6O6/c1-5-17(2)13-20(24(35)33(26-31-32-27(36)39-26)16-18-9-7-6-8-10-18)29-25(28)30-23(34)15-19-11-12-21(37-3)22(14-19)38-4/h6-12,14,17,20H,5,13,15-16H2,1-4H3,(H,32,36)(H3,28,29,30,34). The summed E-state index contributed by atoms with van der Waals surface area (Å²) in [6, 6.07) is 13.2. The zero-order chi connectivity index (χ0) is 28.4. The number of amides is 2. The molecular formula is C27H34N6O6. The van der Waals surface area contributed by atoms with Gasteiger partial charge in [-0.2, -0.15) is 0 Å². The van der Waals surface area contributed by atoms with E-state index < -0.39 is 23.9 Å². The third kappa shape index (κ3) is 8.19. The average molecular weight is 539 g/mol. The van der Waals surface area contributed by atoms with E-state index in [2.05, 4.69) is 20.8 Å². The van der Waals surface area contributed by atoms with Crippen LogP contribution in [0.5, 0.6) is 17.6 Å². The van der Waals surface area contributed by atoms with Gasteiger partial charge in [0.25, 0.3) is 5.91 Å². The Labute approximate surface area is 226 Å². The lowest BCUT2D eigenvalue weighted by atomic mass is 9.98. The van der Waals surface area contributed by atoms with Crippen LogP contribution in [0.2, 0.25) is 0 Å². The molecule has 4 N–H and O–H groups in total. The summed E-state index contributed by atoms with van der Waals surface area (Å²) in [5.41, 5.74) is 1.46. The third-order valence-electron chi connectivity index (χ3n) is 6.11. The second kappa shape index (κ2) is 13.8. The van der Waals surface area contributed by atoms with Crippen LogP contribution in [-0.4, -0.2) is 53.3 Å². The van der Waals surface area contributed by atoms with Crippen LogP contribution in [-0.2, 0) is 22.6 Å². The molecule has 0 aliphatic carbocycles. The molecule has 39 heavy (non-hydrogen) atoms. The summed E-state index contributed by atoms with van der Waals surface area (Å²) in [7, 11) is 3.03. The summed E-state index contributed by atoms with van der Waals surface area (Å²) in [6.45, 7) is 4.08. The van der Waals surface area contributed by atoms with E-state index >= 15 is 0 Å². The molecule has 1 aromatic heterocycles. The number of ether oxygens (including phenoxy) is 2. The number of methoxy groups -OCH3 is 2. The maximum Gasteiger partial charge on any atom is 0.413 e. The molecule has 2 aromatic carbocycles. The first-order valence-corrected chi connectivity index (χ1v) is 12.5. The van der Waals surface area contributed by atoms with Gasteiger partial charge in [-0.15, -0.1) is 0 Å². The Morgan fingerprint density at radius 2 is 1.79 bits per heavy atom. The number of nitrogens with zero attached hydrogens (tertiary/aromatic N) is 3. The third-order valence-corrected chi connectivity index (χ3v) is 6.11. The minimum absolute atomic E-state index is 0.0181. The van der Waals surface area contributed by atoms with Crippen molar-refractivity contribution in [3.05, 3.63) is 59.7 Å². The Balaban J connectivity index is 1.75. The van der Waals surface area contributed by atoms with Crippen molar-refractivity contribution in [2.24, 2.45) is 5.92 Å². The second-order valence-electron chi connectivity index (χ2n) is 9.01. The summed E-state index contributed by atoms with van der Waals surface area (Å²) < 4.78 is 15.7. The monoisotopic (exact) mass is 538 g/mol. The molecule has 0 saturated carbocycles. The van der Waals surface area contributed by atoms with Gasteiger partial charge in [0, 0.05) is 0 Å². The number of hydrogen-bond donors (Lipinski definition) is 4. The predicted molar refractivity (Wildman–Crippen MR) is 144 cm³/mol. The zero-order valence-electron chi connectivity index (χ0n) is 22.4. The Hall–Kier alpha value is -4.61. The maximum atomic E-state index is 13.8. The Kier molecular flexibility index (Phi) is 10.2. The quantitative estimate of drug-likeness (QED) is 0.200. The second-order valence-corrected chi connectivity index (χ2v) is 9.01. The molecule has 0 aliphatic rings. The van der Waals surface area contributed by atoms with E-state index in [1.807, 2.05) is 44.2 Å². The van der Waals surface area contributed by atoms with Crippen LogP contribution in [0, 0.1) is 11.3 Å². The van der Waals surface area contributed by atoms with Crippen LogP contribution >= 0.6 is 0 Å². The first-order valence-electron chi connectivity index (χ1n) is 12.5. The lowest BCUT2D eigenvalue weighted by Crippen LogP contribution is -2.53. The van der Waals surface area contributed by atoms with Gasteiger partial charge in [-0.1, -0.05) is 66.9 Å². The molecule has 208 valence electrons. The molecule has 3 rings (SSSR count). The van der Waals surface area contributed by atoms with E-state index in [0.29, 0.717) is 23.5 Å². The molecule has 3 aromatic rings. The van der Waals surface area contributed by atoms with E-state index in [1.54, 1.807) is 18.2 Å². The number of nitrogens with one attached hydrogen (secondary N) is 3. The Morgan fingerprint density at radius 3 is 2.41 bits per heavy atom. The molecule has 2 unspecified atom stereocenters. The number of aromatic hydroxyl groups is 1. The van der Waals surface area contributed by atoms with E-state index in [0.717, 1.165) is 12.0 Å². The highest BCUT2D eigenvalue weighted by molar-refractivity contribution is 6.01. The Bertz CT molecular complexity index is 1260. The molecule has 0 saturated heterocycles. The van der Waals surface area contributed by atoms with Crippen molar-refractivity contribution in [1.29, 1.82) is 5.41 Å². The van der Waals surface area contributed by atoms with Crippen molar-refractivity contribution in [3.8, 4) is 17.6 Å². The van der Waals surface area contributed by atoms with Gasteiger partial charge in [0.15, 0.2) is 17.5 Å². The van der Waals surface area contributed by atoms with Crippen molar-refractivity contribution in [2.75, 3.05) is 19.1 Å². The number of anilines is 1. The molecular weight excluding hydrogens is 504 g/mol. The van der Waals surface area contributed by atoms with Crippen molar-refractivity contribution < 1.29 is 28.6 Å². The predicted octanol–water partition coefficient (Wildman–Crippen LogP) is 3.01. The molecule has 12 heteroatoms. The van der Waals surface area contributed by atoms with Gasteiger partial charge in [-0.25, -0.2) is 0 Å². The van der Waals surface area contributed by atoms with Crippen LogP contribution in [0.4, 0.5) is 6.01 Å². The van der Waals surface area contributed by atoms with Gasteiger partial charge in [0.2, 0.25) is 5.91 Å². The highest BCUT2D eigenvalue weighted by atomic mass is 16.5. The minimum Gasteiger partial charge on any atom is -0.493 e. The number of carbonyl (C=O) groups is 2. The van der Waals surface area contributed by atoms with Crippen LogP contribution in [0.15, 0.2) is 52.9 Å². The van der Waals surface area contributed by atoms with Gasteiger partial charge in [0.05, 0.1) is 27.2 Å². The lowest BCUT2D eigenvalue weighted by Gasteiger charge is -2.27. The molecule has 2 atom stereocenters. The van der Waals surface area contributed by atoms with Crippen LogP contribution in [0.1, 0.15) is 37.8 Å². The first kappa shape index (κ1) is 29.0. The van der Waals surface area contributed by atoms with Gasteiger partial charge in [-0.05, 0) is 35.6 Å². The van der Waals surface area contributed by atoms with Gasteiger partial charge in [-0.3, -0.25) is 25.2 Å². The fourth-order valence-electron chi connectivity index (χ4n) is 3.87. The smallest absolute Gasteiger partial charge is 0.413 e. The van der Waals surface area contributed by atoms with Gasteiger partial charge < -0.3 is 24.3 Å². The average Bonchev–Trinajstić information content (AvgIpc) is 3.36. The van der Waals surface area contributed by atoms with Crippen molar-refractivity contribution in [2.45, 2.75) is 45.7 Å². The molecule has 0 spiro atoms. The molecule has 2 amide bonds. The molecule has 12 nitrogen and oxygen atoms in total. The summed E-state index contributed by atoms with van der Waals surface area (Å²) >= 11 is 0. The van der Waals surface area contributed by atoms with E-state index in [1.165, 1.54) is 19.1 Å². The van der Waals surface area contributed by atoms with E-state index in [4.69, 9.17) is 19.3 Å².